The summed E-state index contributed by atoms with van der Waals surface area (Å²) < 4.78 is 27.0. The molecule has 1 aliphatic rings. The molecule has 4 heteroatoms. The summed E-state index contributed by atoms with van der Waals surface area (Å²) in [5, 5.41) is 11.6. The Hall–Kier alpha value is -1.63. The van der Waals surface area contributed by atoms with Crippen LogP contribution in [0.3, 0.4) is 0 Å². The minimum Gasteiger partial charge on any atom is -0.380 e. The maximum Gasteiger partial charge on any atom is 0.183 e. The minimum atomic E-state index is -1.07. The van der Waals surface area contributed by atoms with E-state index < -0.39 is 11.6 Å². The highest BCUT2D eigenvalue weighted by Crippen LogP contribution is 2.29. The number of benzene rings is 1. The Morgan fingerprint density at radius 3 is 2.65 bits per heavy atom. The van der Waals surface area contributed by atoms with Gasteiger partial charge in [0.2, 0.25) is 0 Å². The first-order chi connectivity index (χ1) is 8.13. The second kappa shape index (κ2) is 4.70. The van der Waals surface area contributed by atoms with Crippen molar-refractivity contribution in [3.05, 3.63) is 29.3 Å². The molecule has 0 heterocycles. The van der Waals surface area contributed by atoms with Crippen LogP contribution in [-0.4, -0.2) is 6.04 Å². The Kier molecular flexibility index (Phi) is 3.28. The summed E-state index contributed by atoms with van der Waals surface area (Å²) in [6.07, 6.45) is 3.19. The van der Waals surface area contributed by atoms with E-state index in [1.807, 2.05) is 0 Å². The number of rotatable bonds is 2. The molecule has 0 aromatic heterocycles. The fraction of sp³-hybridized carbons (Fsp3) is 0.462. The van der Waals surface area contributed by atoms with Crippen molar-refractivity contribution < 1.29 is 8.78 Å². The van der Waals surface area contributed by atoms with Crippen LogP contribution in [0.25, 0.3) is 0 Å². The molecule has 2 unspecified atom stereocenters. The largest absolute Gasteiger partial charge is 0.380 e. The predicted octanol–water partition coefficient (Wildman–Crippen LogP) is 3.44. The average molecular weight is 236 g/mol. The maximum absolute atomic E-state index is 13.6. The van der Waals surface area contributed by atoms with Crippen LogP contribution < -0.4 is 5.32 Å². The van der Waals surface area contributed by atoms with E-state index >= 15 is 0 Å². The zero-order chi connectivity index (χ0) is 12.4. The van der Waals surface area contributed by atoms with Crippen LogP contribution in [0.1, 0.15) is 31.7 Å². The van der Waals surface area contributed by atoms with Gasteiger partial charge >= 0.3 is 0 Å². The molecule has 1 fully saturated rings. The van der Waals surface area contributed by atoms with Crippen molar-refractivity contribution in [3.8, 4) is 6.07 Å². The van der Waals surface area contributed by atoms with Crippen molar-refractivity contribution >= 4 is 5.69 Å². The number of anilines is 1. The van der Waals surface area contributed by atoms with E-state index in [2.05, 4.69) is 12.2 Å². The van der Waals surface area contributed by atoms with Crippen molar-refractivity contribution in [2.45, 2.75) is 32.2 Å². The van der Waals surface area contributed by atoms with Crippen LogP contribution in [0, 0.1) is 28.9 Å². The van der Waals surface area contributed by atoms with Crippen molar-refractivity contribution in [2.75, 3.05) is 5.32 Å². The van der Waals surface area contributed by atoms with Crippen LogP contribution in [0.4, 0.5) is 14.5 Å². The van der Waals surface area contributed by atoms with E-state index in [9.17, 15) is 8.78 Å². The van der Waals surface area contributed by atoms with Crippen molar-refractivity contribution in [1.82, 2.24) is 0 Å². The van der Waals surface area contributed by atoms with Crippen molar-refractivity contribution in [1.29, 1.82) is 5.26 Å². The third-order valence-corrected chi connectivity index (χ3v) is 3.41. The van der Waals surface area contributed by atoms with Crippen molar-refractivity contribution in [3.63, 3.8) is 0 Å². The molecule has 90 valence electrons. The molecule has 1 aromatic rings. The van der Waals surface area contributed by atoms with Gasteiger partial charge in [0.1, 0.15) is 6.07 Å². The molecule has 2 nitrogen and oxygen atoms in total. The van der Waals surface area contributed by atoms with Crippen LogP contribution in [0.15, 0.2) is 12.1 Å². The van der Waals surface area contributed by atoms with Gasteiger partial charge in [-0.1, -0.05) is 13.3 Å². The van der Waals surface area contributed by atoms with E-state index in [4.69, 9.17) is 5.26 Å². The number of nitrogens with one attached hydrogen (secondary N) is 1. The normalized spacial score (nSPS) is 23.4. The van der Waals surface area contributed by atoms with E-state index in [0.29, 0.717) is 5.92 Å². The fourth-order valence-corrected chi connectivity index (χ4v) is 2.31. The Bertz CT molecular complexity index is 465. The summed E-state index contributed by atoms with van der Waals surface area (Å²) in [5.41, 5.74) is -0.104. The van der Waals surface area contributed by atoms with Gasteiger partial charge in [-0.3, -0.25) is 0 Å². The lowest BCUT2D eigenvalue weighted by Crippen LogP contribution is -2.22. The Morgan fingerprint density at radius 1 is 1.29 bits per heavy atom. The SMILES string of the molecule is CC1CCCC1Nc1ccc(C#N)c(F)c1F. The molecule has 1 aliphatic carbocycles. The molecule has 1 N–H and O–H groups in total. The molecule has 0 saturated heterocycles. The highest BCUT2D eigenvalue weighted by molar-refractivity contribution is 5.50. The molecule has 2 rings (SSSR count). The lowest BCUT2D eigenvalue weighted by molar-refractivity contribution is 0.501. The van der Waals surface area contributed by atoms with Gasteiger partial charge in [-0.05, 0) is 30.9 Å². The molecule has 17 heavy (non-hydrogen) atoms. The summed E-state index contributed by atoms with van der Waals surface area (Å²) >= 11 is 0. The predicted molar refractivity (Wildman–Crippen MR) is 61.5 cm³/mol. The lowest BCUT2D eigenvalue weighted by atomic mass is 10.1. The number of halogens is 2. The van der Waals surface area contributed by atoms with Gasteiger partial charge in [-0.2, -0.15) is 5.26 Å². The van der Waals surface area contributed by atoms with Gasteiger partial charge in [-0.15, -0.1) is 0 Å². The summed E-state index contributed by atoms with van der Waals surface area (Å²) in [6.45, 7) is 2.10. The van der Waals surface area contributed by atoms with Gasteiger partial charge in [0, 0.05) is 6.04 Å². The quantitative estimate of drug-likeness (QED) is 0.853. The topological polar surface area (TPSA) is 35.8 Å². The van der Waals surface area contributed by atoms with E-state index in [0.717, 1.165) is 19.3 Å². The summed E-state index contributed by atoms with van der Waals surface area (Å²) in [4.78, 5) is 0. The highest BCUT2D eigenvalue weighted by atomic mass is 19.2. The second-order valence-electron chi connectivity index (χ2n) is 4.56. The number of hydrogen-bond donors (Lipinski definition) is 1. The van der Waals surface area contributed by atoms with Crippen LogP contribution in [-0.2, 0) is 0 Å². The average Bonchev–Trinajstić information content (AvgIpc) is 2.71. The standard InChI is InChI=1S/C13H14F2N2/c1-8-3-2-4-10(8)17-11-6-5-9(7-16)12(14)13(11)15/h5-6,8,10,17H,2-4H2,1H3. The fourth-order valence-electron chi connectivity index (χ4n) is 2.31. The molecule has 0 amide bonds. The number of nitriles is 1. The third-order valence-electron chi connectivity index (χ3n) is 3.41. The number of nitrogens with zero attached hydrogens (tertiary/aromatic N) is 1. The zero-order valence-electron chi connectivity index (χ0n) is 9.63. The molecular formula is C13H14F2N2. The molecule has 0 bridgehead atoms. The van der Waals surface area contributed by atoms with Crippen LogP contribution >= 0.6 is 0 Å². The zero-order valence-corrected chi connectivity index (χ0v) is 9.63. The minimum absolute atomic E-state index is 0.153. The number of hydrogen-bond acceptors (Lipinski definition) is 2. The molecule has 0 radical (unpaired) electrons. The molecule has 2 atom stereocenters. The second-order valence-corrected chi connectivity index (χ2v) is 4.56. The Morgan fingerprint density at radius 2 is 2.06 bits per heavy atom. The molecule has 0 spiro atoms. The van der Waals surface area contributed by atoms with Gasteiger partial charge in [0.25, 0.3) is 0 Å². The third kappa shape index (κ3) is 2.23. The maximum atomic E-state index is 13.6. The van der Waals surface area contributed by atoms with Gasteiger partial charge in [0.05, 0.1) is 11.3 Å². The van der Waals surface area contributed by atoms with Gasteiger partial charge in [0.15, 0.2) is 11.6 Å². The monoisotopic (exact) mass is 236 g/mol. The first-order valence-electron chi connectivity index (χ1n) is 5.78. The molecule has 1 saturated carbocycles. The smallest absolute Gasteiger partial charge is 0.183 e. The molecule has 1 aromatic carbocycles. The van der Waals surface area contributed by atoms with Crippen molar-refractivity contribution in [2.24, 2.45) is 5.92 Å². The summed E-state index contributed by atoms with van der Waals surface area (Å²) in [5.74, 6) is -1.56. The first kappa shape index (κ1) is 11.8. The molecule has 0 aliphatic heterocycles. The van der Waals surface area contributed by atoms with Crippen LogP contribution in [0.2, 0.25) is 0 Å². The van der Waals surface area contributed by atoms with Crippen LogP contribution in [0.5, 0.6) is 0 Å². The van der Waals surface area contributed by atoms with Gasteiger partial charge < -0.3 is 5.32 Å². The molecular weight excluding hydrogens is 222 g/mol. The summed E-state index contributed by atoms with van der Waals surface area (Å²) in [7, 11) is 0. The first-order valence-corrected chi connectivity index (χ1v) is 5.78. The Labute approximate surface area is 99.3 Å². The lowest BCUT2D eigenvalue weighted by Gasteiger charge is -2.19. The van der Waals surface area contributed by atoms with E-state index in [1.165, 1.54) is 12.1 Å². The van der Waals surface area contributed by atoms with Gasteiger partial charge in [-0.25, -0.2) is 8.78 Å². The summed E-state index contributed by atoms with van der Waals surface area (Å²) in [6, 6.07) is 4.55. The van der Waals surface area contributed by atoms with E-state index in [1.54, 1.807) is 6.07 Å². The highest BCUT2D eigenvalue weighted by Gasteiger charge is 2.24. The Balaban J connectivity index is 2.22. The van der Waals surface area contributed by atoms with E-state index in [-0.39, 0.29) is 17.3 Å².